The number of hydrogen-bond donors (Lipinski definition) is 1. The number of rotatable bonds is 7. The van der Waals surface area contributed by atoms with Gasteiger partial charge in [0.25, 0.3) is 5.95 Å². The van der Waals surface area contributed by atoms with E-state index in [0.717, 1.165) is 0 Å². The number of halogens is 3. The number of alkyl halides is 3. The average molecular weight is 381 g/mol. The fourth-order valence-corrected chi connectivity index (χ4v) is 3.03. The van der Waals surface area contributed by atoms with Gasteiger partial charge in [-0.25, -0.2) is 22.8 Å². The number of anilines is 1. The Bertz CT molecular complexity index is 798. The normalized spacial score (nSPS) is 17.0. The molecule has 9 heteroatoms. The molecule has 1 N–H and O–H groups in total. The van der Waals surface area contributed by atoms with E-state index in [1.54, 1.807) is 12.3 Å². The zero-order valence-corrected chi connectivity index (χ0v) is 15.1. The zero-order valence-electron chi connectivity index (χ0n) is 15.1. The Morgan fingerprint density at radius 1 is 1.30 bits per heavy atom. The number of carbonyl (C=O) groups excluding carboxylic acids is 1. The predicted octanol–water partition coefficient (Wildman–Crippen LogP) is 3.64. The summed E-state index contributed by atoms with van der Waals surface area (Å²) in [5.41, 5.74) is 0.896. The van der Waals surface area contributed by atoms with Crippen molar-refractivity contribution in [2.24, 2.45) is 0 Å². The monoisotopic (exact) mass is 381 g/mol. The van der Waals surface area contributed by atoms with Gasteiger partial charge in [0.2, 0.25) is 5.92 Å². The summed E-state index contributed by atoms with van der Waals surface area (Å²) in [6.45, 7) is 0.808. The molecule has 0 aliphatic heterocycles. The summed E-state index contributed by atoms with van der Waals surface area (Å²) in [6.07, 6.45) is 2.72. The molecule has 1 aliphatic rings. The van der Waals surface area contributed by atoms with E-state index in [0.29, 0.717) is 37.2 Å². The van der Waals surface area contributed by atoms with E-state index in [1.165, 1.54) is 17.7 Å². The van der Waals surface area contributed by atoms with Crippen LogP contribution >= 0.6 is 0 Å². The number of nitrogens with zero attached hydrogens (tertiary/aromatic N) is 4. The number of aromatic nitrogens is 4. The van der Waals surface area contributed by atoms with Crippen LogP contribution in [0.2, 0.25) is 0 Å². The maximum atomic E-state index is 13.4. The predicted molar refractivity (Wildman–Crippen MR) is 93.8 cm³/mol. The lowest BCUT2D eigenvalue weighted by molar-refractivity contribution is -0.117. The second-order valence-corrected chi connectivity index (χ2v) is 6.91. The molecule has 0 aromatic carbocycles. The maximum Gasteiger partial charge on any atom is 0.252 e. The molecule has 1 aliphatic carbocycles. The molecule has 2 aromatic rings. The van der Waals surface area contributed by atoms with Crippen LogP contribution in [0, 0.1) is 0 Å². The van der Waals surface area contributed by atoms with Crippen LogP contribution < -0.4 is 5.32 Å². The number of carbonyl (C=O) groups is 1. The molecule has 0 saturated heterocycles. The van der Waals surface area contributed by atoms with E-state index in [9.17, 15) is 18.0 Å². The number of hydrogen-bond acceptors (Lipinski definition) is 5. The van der Waals surface area contributed by atoms with Crippen molar-refractivity contribution in [2.75, 3.05) is 5.32 Å². The van der Waals surface area contributed by atoms with Gasteiger partial charge in [-0.1, -0.05) is 0 Å². The van der Waals surface area contributed by atoms with Crippen LogP contribution in [0.1, 0.15) is 50.4 Å². The van der Waals surface area contributed by atoms with Crippen LogP contribution in [0.3, 0.4) is 0 Å². The highest BCUT2D eigenvalue weighted by molar-refractivity contribution is 5.75. The van der Waals surface area contributed by atoms with Gasteiger partial charge in [0.15, 0.2) is 0 Å². The molecular formula is C18H22F3N5O. The summed E-state index contributed by atoms with van der Waals surface area (Å²) in [7, 11) is 0. The van der Waals surface area contributed by atoms with Gasteiger partial charge in [0.05, 0.1) is 5.69 Å². The number of ketones is 1. The van der Waals surface area contributed by atoms with E-state index in [1.807, 2.05) is 0 Å². The topological polar surface area (TPSA) is 72.7 Å². The Morgan fingerprint density at radius 2 is 2.04 bits per heavy atom. The second-order valence-electron chi connectivity index (χ2n) is 6.91. The van der Waals surface area contributed by atoms with Crippen LogP contribution in [0.5, 0.6) is 0 Å². The molecule has 0 spiro atoms. The largest absolute Gasteiger partial charge is 0.367 e. The van der Waals surface area contributed by atoms with Crippen molar-refractivity contribution in [1.29, 1.82) is 0 Å². The number of Topliss-reactive ketones (excluding diaryl/α,β-unsaturated/α-hetero) is 1. The van der Waals surface area contributed by atoms with Crippen molar-refractivity contribution >= 4 is 11.6 Å². The Morgan fingerprint density at radius 3 is 2.67 bits per heavy atom. The summed E-state index contributed by atoms with van der Waals surface area (Å²) in [4.78, 5) is 20.1. The van der Waals surface area contributed by atoms with Crippen LogP contribution in [0.15, 0.2) is 18.3 Å². The molecule has 146 valence electrons. The molecule has 1 fully saturated rings. The number of nitrogens with one attached hydrogen (secondary N) is 1. The average Bonchev–Trinajstić information content (AvgIpc) is 3.11. The summed E-state index contributed by atoms with van der Waals surface area (Å²) in [5, 5.41) is 7.26. The Balaban J connectivity index is 1.82. The van der Waals surface area contributed by atoms with Crippen LogP contribution in [0.25, 0.3) is 5.95 Å². The van der Waals surface area contributed by atoms with Gasteiger partial charge >= 0.3 is 0 Å². The minimum Gasteiger partial charge on any atom is -0.367 e. The highest BCUT2D eigenvalue weighted by Gasteiger charge is 2.35. The first-order chi connectivity index (χ1) is 12.8. The number of aryl methyl sites for hydroxylation is 1. The van der Waals surface area contributed by atoms with Crippen molar-refractivity contribution < 1.29 is 18.0 Å². The minimum atomic E-state index is -2.60. The Hall–Kier alpha value is -2.45. The van der Waals surface area contributed by atoms with Gasteiger partial charge in [0.1, 0.15) is 18.3 Å². The van der Waals surface area contributed by atoms with Gasteiger partial charge in [-0.3, -0.25) is 0 Å². The molecule has 2 heterocycles. The molecule has 1 saturated carbocycles. The molecule has 0 bridgehead atoms. The lowest BCUT2D eigenvalue weighted by atomic mass is 9.92. The lowest BCUT2D eigenvalue weighted by Crippen LogP contribution is -2.32. The SMILES string of the molecule is CC(=O)CCc1cc(NC2CCC(F)(F)CC2)nc(-n2ccc(CF)n2)n1. The summed E-state index contributed by atoms with van der Waals surface area (Å²) < 4.78 is 40.8. The molecule has 3 rings (SSSR count). The van der Waals surface area contributed by atoms with Crippen LogP contribution in [-0.2, 0) is 17.9 Å². The summed E-state index contributed by atoms with van der Waals surface area (Å²) >= 11 is 0. The van der Waals surface area contributed by atoms with E-state index in [4.69, 9.17) is 0 Å². The minimum absolute atomic E-state index is 0.0398. The van der Waals surface area contributed by atoms with Crippen LogP contribution in [-0.4, -0.2) is 37.5 Å². The van der Waals surface area contributed by atoms with Gasteiger partial charge in [-0.2, -0.15) is 10.1 Å². The first-order valence-electron chi connectivity index (χ1n) is 8.97. The van der Waals surface area contributed by atoms with Gasteiger partial charge < -0.3 is 10.1 Å². The van der Waals surface area contributed by atoms with Crippen molar-refractivity contribution in [3.05, 3.63) is 29.7 Å². The van der Waals surface area contributed by atoms with Crippen molar-refractivity contribution in [3.63, 3.8) is 0 Å². The van der Waals surface area contributed by atoms with Crippen molar-refractivity contribution in [2.45, 2.75) is 64.1 Å². The van der Waals surface area contributed by atoms with Gasteiger partial charge in [0, 0.05) is 43.3 Å². The smallest absolute Gasteiger partial charge is 0.252 e. The first kappa shape index (κ1) is 19.3. The molecular weight excluding hydrogens is 359 g/mol. The van der Waals surface area contributed by atoms with E-state index < -0.39 is 12.6 Å². The molecule has 0 unspecified atom stereocenters. The summed E-state index contributed by atoms with van der Waals surface area (Å²) in [6, 6.07) is 3.15. The highest BCUT2D eigenvalue weighted by atomic mass is 19.3. The van der Waals surface area contributed by atoms with E-state index in [2.05, 4.69) is 20.4 Å². The molecule has 27 heavy (non-hydrogen) atoms. The third kappa shape index (κ3) is 5.27. The quantitative estimate of drug-likeness (QED) is 0.793. The Kier molecular flexibility index (Phi) is 5.76. The second kappa shape index (κ2) is 8.06. The fourth-order valence-electron chi connectivity index (χ4n) is 3.03. The highest BCUT2D eigenvalue weighted by Crippen LogP contribution is 2.34. The molecule has 0 atom stereocenters. The Labute approximate surface area is 155 Å². The maximum absolute atomic E-state index is 13.4. The fraction of sp³-hybridized carbons (Fsp3) is 0.556. The standard InChI is InChI=1S/C18H22F3N5O/c1-12(27)2-3-14-10-16(22-13-4-7-18(20,21)8-5-13)24-17(23-14)26-9-6-15(11-19)25-26/h6,9-10,13H,2-5,7-8,11H2,1H3,(H,22,23,24). The lowest BCUT2D eigenvalue weighted by Gasteiger charge is -2.29. The third-order valence-electron chi connectivity index (χ3n) is 4.56. The van der Waals surface area contributed by atoms with Gasteiger partial charge in [-0.15, -0.1) is 0 Å². The van der Waals surface area contributed by atoms with Crippen molar-refractivity contribution in [3.8, 4) is 5.95 Å². The van der Waals surface area contributed by atoms with E-state index in [-0.39, 0.29) is 36.3 Å². The zero-order chi connectivity index (χ0) is 19.4. The van der Waals surface area contributed by atoms with Gasteiger partial charge in [-0.05, 0) is 32.3 Å². The van der Waals surface area contributed by atoms with Crippen LogP contribution in [0.4, 0.5) is 19.0 Å². The molecule has 0 amide bonds. The first-order valence-corrected chi connectivity index (χ1v) is 8.97. The summed E-state index contributed by atoms with van der Waals surface area (Å²) in [5.74, 6) is -1.82. The van der Waals surface area contributed by atoms with Crippen molar-refractivity contribution in [1.82, 2.24) is 19.7 Å². The van der Waals surface area contributed by atoms with E-state index >= 15 is 0 Å². The molecule has 6 nitrogen and oxygen atoms in total. The molecule has 0 radical (unpaired) electrons. The third-order valence-corrected chi connectivity index (χ3v) is 4.56. The molecule has 2 aromatic heterocycles.